The number of hydrogen-bond acceptors (Lipinski definition) is 3. The van der Waals surface area contributed by atoms with E-state index < -0.39 is 0 Å². The van der Waals surface area contributed by atoms with E-state index >= 15 is 0 Å². The van der Waals surface area contributed by atoms with Crippen molar-refractivity contribution < 1.29 is 0 Å². The van der Waals surface area contributed by atoms with Crippen molar-refractivity contribution in [1.82, 2.24) is 10.3 Å². The Bertz CT molecular complexity index is 207. The molecule has 3 aliphatic rings. The Morgan fingerprint density at radius 3 is 2.54 bits per heavy atom. The molecule has 5 N–H and O–H groups in total. The minimum absolute atomic E-state index is 0.360. The van der Waals surface area contributed by atoms with Gasteiger partial charge in [0.1, 0.15) is 0 Å². The number of piperidine rings is 3. The molecule has 0 aliphatic carbocycles. The van der Waals surface area contributed by atoms with Crippen molar-refractivity contribution in [2.24, 2.45) is 22.5 Å². The summed E-state index contributed by atoms with van der Waals surface area (Å²) in [5, 5.41) is 0. The van der Waals surface area contributed by atoms with Crippen molar-refractivity contribution in [3.8, 4) is 0 Å². The first-order chi connectivity index (χ1) is 6.29. The van der Waals surface area contributed by atoms with Gasteiger partial charge in [-0.25, -0.2) is 10.8 Å². The lowest BCUT2D eigenvalue weighted by Crippen LogP contribution is -2.51. The van der Waals surface area contributed by atoms with Gasteiger partial charge in [0.25, 0.3) is 0 Å². The first kappa shape index (κ1) is 8.77. The number of nitrogens with one attached hydrogen (secondary N) is 1. The van der Waals surface area contributed by atoms with E-state index in [0.717, 1.165) is 12.5 Å². The molecule has 1 atom stereocenters. The lowest BCUT2D eigenvalue weighted by Gasteiger charge is -2.43. The van der Waals surface area contributed by atoms with Crippen LogP contribution in [0.4, 0.5) is 0 Å². The van der Waals surface area contributed by atoms with Crippen molar-refractivity contribution in [3.63, 3.8) is 0 Å². The maximum atomic E-state index is 5.53. The van der Waals surface area contributed by atoms with Gasteiger partial charge in [-0.05, 0) is 31.8 Å². The Morgan fingerprint density at radius 1 is 1.38 bits per heavy atom. The molecule has 0 amide bonds. The second kappa shape index (κ2) is 3.51. The van der Waals surface area contributed by atoms with Crippen molar-refractivity contribution >= 4 is 5.96 Å². The molecule has 0 radical (unpaired) electrons. The Morgan fingerprint density at radius 2 is 2.08 bits per heavy atom. The first-order valence-electron chi connectivity index (χ1n) is 4.82. The molecular formula is C8H17N5. The summed E-state index contributed by atoms with van der Waals surface area (Å²) in [6, 6.07) is 0.360. The first-order valence-corrected chi connectivity index (χ1v) is 4.82. The maximum absolute atomic E-state index is 5.53. The normalized spacial score (nSPS) is 39.2. The molecule has 5 heteroatoms. The molecule has 1 unspecified atom stereocenters. The molecule has 0 aromatic heterocycles. The average Bonchev–Trinajstić information content (AvgIpc) is 2.19. The van der Waals surface area contributed by atoms with E-state index in [1.165, 1.54) is 25.9 Å². The third-order valence-electron chi connectivity index (χ3n) is 3.07. The molecule has 3 rings (SSSR count). The lowest BCUT2D eigenvalue weighted by molar-refractivity contribution is 0.0904. The smallest absolute Gasteiger partial charge is 0.203 e. The molecule has 2 bridgehead atoms. The standard InChI is InChI=1S/C8H17N5/c9-8(12-10)11-7-5-13-3-1-6(7)2-4-13/h6-7H,1-5,10H2,(H3,9,11,12). The van der Waals surface area contributed by atoms with Gasteiger partial charge in [-0.1, -0.05) is 0 Å². The summed E-state index contributed by atoms with van der Waals surface area (Å²) in [6.07, 6.45) is 2.51. The number of hydrazine groups is 1. The largest absolute Gasteiger partial charge is 0.369 e. The monoisotopic (exact) mass is 183 g/mol. The van der Waals surface area contributed by atoms with E-state index in [4.69, 9.17) is 11.6 Å². The molecule has 3 aliphatic heterocycles. The minimum atomic E-state index is 0.360. The van der Waals surface area contributed by atoms with E-state index in [1.54, 1.807) is 0 Å². The lowest BCUT2D eigenvalue weighted by atomic mass is 9.84. The highest BCUT2D eigenvalue weighted by atomic mass is 15.3. The van der Waals surface area contributed by atoms with Crippen LogP contribution in [0.5, 0.6) is 0 Å². The van der Waals surface area contributed by atoms with Crippen molar-refractivity contribution in [3.05, 3.63) is 0 Å². The zero-order valence-electron chi connectivity index (χ0n) is 7.74. The highest BCUT2D eigenvalue weighted by molar-refractivity contribution is 5.77. The van der Waals surface area contributed by atoms with Crippen LogP contribution < -0.4 is 17.0 Å². The van der Waals surface area contributed by atoms with E-state index in [0.29, 0.717) is 12.0 Å². The summed E-state index contributed by atoms with van der Waals surface area (Å²) in [6.45, 7) is 3.51. The fourth-order valence-electron chi connectivity index (χ4n) is 2.30. The van der Waals surface area contributed by atoms with Gasteiger partial charge in [-0.2, -0.15) is 0 Å². The highest BCUT2D eigenvalue weighted by Crippen LogP contribution is 2.29. The number of aliphatic imine (C=N–C) groups is 1. The molecule has 74 valence electrons. The molecule has 0 saturated carbocycles. The fourth-order valence-corrected chi connectivity index (χ4v) is 2.30. The maximum Gasteiger partial charge on any atom is 0.203 e. The molecule has 3 heterocycles. The van der Waals surface area contributed by atoms with E-state index in [-0.39, 0.29) is 0 Å². The molecule has 0 spiro atoms. The van der Waals surface area contributed by atoms with E-state index in [1.807, 2.05) is 0 Å². The summed E-state index contributed by atoms with van der Waals surface area (Å²) < 4.78 is 0. The second-order valence-electron chi connectivity index (χ2n) is 3.86. The number of rotatable bonds is 1. The number of guanidine groups is 1. The Kier molecular flexibility index (Phi) is 2.37. The van der Waals surface area contributed by atoms with Crippen LogP contribution in [0.3, 0.4) is 0 Å². The van der Waals surface area contributed by atoms with Crippen LogP contribution >= 0.6 is 0 Å². The van der Waals surface area contributed by atoms with Gasteiger partial charge in [0, 0.05) is 6.54 Å². The fraction of sp³-hybridized carbons (Fsp3) is 0.875. The summed E-state index contributed by atoms with van der Waals surface area (Å²) in [7, 11) is 0. The molecule has 0 aromatic rings. The van der Waals surface area contributed by atoms with Crippen LogP contribution in [0.2, 0.25) is 0 Å². The Hall–Kier alpha value is -0.810. The van der Waals surface area contributed by atoms with Gasteiger partial charge in [-0.3, -0.25) is 5.43 Å². The van der Waals surface area contributed by atoms with Crippen LogP contribution in [-0.4, -0.2) is 36.5 Å². The third-order valence-corrected chi connectivity index (χ3v) is 3.07. The zero-order chi connectivity index (χ0) is 9.26. The van der Waals surface area contributed by atoms with Crippen LogP contribution in [-0.2, 0) is 0 Å². The Labute approximate surface area is 78.1 Å². The number of nitrogens with zero attached hydrogens (tertiary/aromatic N) is 2. The summed E-state index contributed by atoms with van der Waals surface area (Å²) >= 11 is 0. The molecule has 0 aromatic carbocycles. The van der Waals surface area contributed by atoms with Crippen molar-refractivity contribution in [1.29, 1.82) is 0 Å². The van der Waals surface area contributed by atoms with Gasteiger partial charge >= 0.3 is 0 Å². The van der Waals surface area contributed by atoms with Crippen LogP contribution in [0, 0.1) is 5.92 Å². The highest BCUT2D eigenvalue weighted by Gasteiger charge is 2.33. The number of nitrogens with two attached hydrogens (primary N) is 2. The SMILES string of the molecule is NNC(N)=NC1CN2CCC1CC2. The quantitative estimate of drug-likeness (QED) is 0.208. The average molecular weight is 183 g/mol. The van der Waals surface area contributed by atoms with Gasteiger partial charge in [0.15, 0.2) is 0 Å². The molecule has 3 saturated heterocycles. The number of hydrogen-bond donors (Lipinski definition) is 3. The molecular weight excluding hydrogens is 166 g/mol. The van der Waals surface area contributed by atoms with Crippen LogP contribution in [0.25, 0.3) is 0 Å². The predicted octanol–water partition coefficient (Wildman–Crippen LogP) is -1.14. The third kappa shape index (κ3) is 1.76. The topological polar surface area (TPSA) is 79.7 Å². The zero-order valence-corrected chi connectivity index (χ0v) is 7.74. The van der Waals surface area contributed by atoms with Crippen molar-refractivity contribution in [2.75, 3.05) is 19.6 Å². The second-order valence-corrected chi connectivity index (χ2v) is 3.86. The molecule has 3 fully saturated rings. The predicted molar refractivity (Wildman–Crippen MR) is 51.9 cm³/mol. The summed E-state index contributed by atoms with van der Waals surface area (Å²) in [5.74, 6) is 6.25. The van der Waals surface area contributed by atoms with Crippen LogP contribution in [0.15, 0.2) is 4.99 Å². The van der Waals surface area contributed by atoms with Gasteiger partial charge < -0.3 is 10.6 Å². The molecule has 13 heavy (non-hydrogen) atoms. The van der Waals surface area contributed by atoms with Crippen LogP contribution in [0.1, 0.15) is 12.8 Å². The molecule has 5 nitrogen and oxygen atoms in total. The van der Waals surface area contributed by atoms with Gasteiger partial charge in [0.05, 0.1) is 6.04 Å². The van der Waals surface area contributed by atoms with Crippen molar-refractivity contribution in [2.45, 2.75) is 18.9 Å². The van der Waals surface area contributed by atoms with E-state index in [2.05, 4.69) is 15.3 Å². The minimum Gasteiger partial charge on any atom is -0.369 e. The van der Waals surface area contributed by atoms with Gasteiger partial charge in [-0.15, -0.1) is 0 Å². The van der Waals surface area contributed by atoms with E-state index in [9.17, 15) is 0 Å². The number of fused-ring (bicyclic) bond motifs is 3. The Balaban J connectivity index is 2.01. The summed E-state index contributed by atoms with van der Waals surface area (Å²) in [4.78, 5) is 6.80. The summed E-state index contributed by atoms with van der Waals surface area (Å²) in [5.41, 5.74) is 7.91. The van der Waals surface area contributed by atoms with Gasteiger partial charge in [0.2, 0.25) is 5.96 Å².